The van der Waals surface area contributed by atoms with E-state index in [2.05, 4.69) is 9.47 Å². The van der Waals surface area contributed by atoms with Crippen molar-refractivity contribution >= 4 is 35.9 Å². The summed E-state index contributed by atoms with van der Waals surface area (Å²) in [6.07, 6.45) is 3.11. The number of cyclic esters (lactones) is 4. The van der Waals surface area contributed by atoms with Gasteiger partial charge in [0.25, 0.3) is 0 Å². The SMILES string of the molecule is CC(C)OC(=O)/C=C/c1ccccc1.O=C1OC(=O)c2ccccc21.O=C1OC(=O)c2ccccc21.[CH3-].[V]. The van der Waals surface area contributed by atoms with Crippen LogP contribution in [-0.4, -0.2) is 36.0 Å². The van der Waals surface area contributed by atoms with Crippen molar-refractivity contribution in [1.82, 2.24) is 0 Å². The Morgan fingerprint density at radius 2 is 1.00 bits per heavy atom. The molecule has 0 atom stereocenters. The second kappa shape index (κ2) is 15.1. The Morgan fingerprint density at radius 1 is 0.658 bits per heavy atom. The van der Waals surface area contributed by atoms with Gasteiger partial charge in [-0.2, -0.15) is 0 Å². The number of ether oxygens (including phenoxy) is 3. The van der Waals surface area contributed by atoms with Crippen molar-refractivity contribution < 1.29 is 56.7 Å². The topological polar surface area (TPSA) is 113 Å². The maximum Gasteiger partial charge on any atom is 0.346 e. The van der Waals surface area contributed by atoms with Gasteiger partial charge < -0.3 is 21.6 Å². The summed E-state index contributed by atoms with van der Waals surface area (Å²) < 4.78 is 13.7. The van der Waals surface area contributed by atoms with E-state index < -0.39 is 23.9 Å². The molecule has 3 aromatic carbocycles. The summed E-state index contributed by atoms with van der Waals surface area (Å²) >= 11 is 0. The van der Waals surface area contributed by atoms with Crippen LogP contribution in [0.25, 0.3) is 6.08 Å². The van der Waals surface area contributed by atoms with Gasteiger partial charge in [0.2, 0.25) is 0 Å². The number of rotatable bonds is 3. The summed E-state index contributed by atoms with van der Waals surface area (Å²) in [4.78, 5) is 54.4. The fourth-order valence-corrected chi connectivity index (χ4v) is 3.07. The molecule has 38 heavy (non-hydrogen) atoms. The van der Waals surface area contributed by atoms with Crippen LogP contribution in [-0.2, 0) is 37.6 Å². The fraction of sp³-hybridized carbons (Fsp3) is 0.103. The largest absolute Gasteiger partial charge is 0.460 e. The maximum atomic E-state index is 11.1. The third kappa shape index (κ3) is 8.69. The van der Waals surface area contributed by atoms with E-state index in [-0.39, 0.29) is 38.1 Å². The van der Waals surface area contributed by atoms with E-state index in [9.17, 15) is 24.0 Å². The molecule has 0 fully saturated rings. The van der Waals surface area contributed by atoms with Gasteiger partial charge in [0.15, 0.2) is 0 Å². The Kier molecular flexibility index (Phi) is 12.6. The van der Waals surface area contributed by atoms with Gasteiger partial charge in [-0.05, 0) is 49.8 Å². The van der Waals surface area contributed by atoms with Gasteiger partial charge in [-0.25, -0.2) is 24.0 Å². The number of benzene rings is 3. The molecule has 0 N–H and O–H groups in total. The Labute approximate surface area is 232 Å². The normalized spacial score (nSPS) is 12.4. The Bertz CT molecular complexity index is 1190. The van der Waals surface area contributed by atoms with E-state index in [1.54, 1.807) is 54.6 Å². The summed E-state index contributed by atoms with van der Waals surface area (Å²) in [5.74, 6) is -2.50. The van der Waals surface area contributed by atoms with E-state index in [0.29, 0.717) is 22.3 Å². The predicted octanol–water partition coefficient (Wildman–Crippen LogP) is 5.09. The Morgan fingerprint density at radius 3 is 1.34 bits per heavy atom. The summed E-state index contributed by atoms with van der Waals surface area (Å²) in [5, 5.41) is 0. The number of carbonyl (C=O) groups excluding carboxylic acids is 5. The van der Waals surface area contributed by atoms with Gasteiger partial charge in [-0.3, -0.25) is 0 Å². The van der Waals surface area contributed by atoms with Crippen LogP contribution in [0.1, 0.15) is 60.8 Å². The van der Waals surface area contributed by atoms with E-state index in [0.717, 1.165) is 5.56 Å². The van der Waals surface area contributed by atoms with Crippen LogP contribution in [0.5, 0.6) is 0 Å². The van der Waals surface area contributed by atoms with E-state index in [4.69, 9.17) is 4.74 Å². The number of hydrogen-bond acceptors (Lipinski definition) is 8. The third-order valence-corrected chi connectivity index (χ3v) is 4.67. The molecule has 0 aliphatic carbocycles. The van der Waals surface area contributed by atoms with Crippen molar-refractivity contribution in [3.8, 4) is 0 Å². The first-order valence-corrected chi connectivity index (χ1v) is 10.9. The fourth-order valence-electron chi connectivity index (χ4n) is 3.07. The zero-order valence-corrected chi connectivity index (χ0v) is 22.3. The van der Waals surface area contributed by atoms with Crippen LogP contribution in [0, 0.1) is 7.43 Å². The van der Waals surface area contributed by atoms with Gasteiger partial charge in [-0.15, -0.1) is 0 Å². The summed E-state index contributed by atoms with van der Waals surface area (Å²) in [5.41, 5.74) is 2.43. The molecule has 0 saturated heterocycles. The molecule has 195 valence electrons. The maximum absolute atomic E-state index is 11.1. The molecular weight excluding hydrogens is 527 g/mol. The number of carbonyl (C=O) groups is 5. The minimum absolute atomic E-state index is 0. The van der Waals surface area contributed by atoms with Crippen LogP contribution in [0.15, 0.2) is 84.9 Å². The molecular formula is C29H25O8V-. The predicted molar refractivity (Wildman–Crippen MR) is 135 cm³/mol. The van der Waals surface area contributed by atoms with Crippen molar-refractivity contribution in [3.63, 3.8) is 0 Å². The van der Waals surface area contributed by atoms with Crippen molar-refractivity contribution in [1.29, 1.82) is 0 Å². The molecule has 5 rings (SSSR count). The van der Waals surface area contributed by atoms with E-state index in [1.807, 2.05) is 44.2 Å². The molecule has 0 amide bonds. The van der Waals surface area contributed by atoms with Gasteiger partial charge >= 0.3 is 29.8 Å². The first kappa shape index (κ1) is 31.8. The van der Waals surface area contributed by atoms with Gasteiger partial charge in [0, 0.05) is 24.6 Å². The number of fused-ring (bicyclic) bond motifs is 2. The molecule has 2 aliphatic heterocycles. The average Bonchev–Trinajstić information content (AvgIpc) is 3.33. The number of esters is 5. The molecule has 9 heteroatoms. The summed E-state index contributed by atoms with van der Waals surface area (Å²) in [7, 11) is 0. The first-order chi connectivity index (χ1) is 17.3. The standard InChI is InChI=1S/C12H14O2.2C8H4O3.CH3.V/c1-10(2)14-12(13)9-8-11-6-4-3-5-7-11;2*9-7-5-3-1-2-4-6(5)8(10)11-7;;/h3-10H,1-2H3;2*1-4H;1H3;/q;;;-1;/b9-8+;;;;. The van der Waals surface area contributed by atoms with Crippen LogP contribution < -0.4 is 0 Å². The molecule has 0 aromatic heterocycles. The summed E-state index contributed by atoms with van der Waals surface area (Å²) in [6.45, 7) is 3.66. The van der Waals surface area contributed by atoms with Crippen molar-refractivity contribution in [2.75, 3.05) is 0 Å². The monoisotopic (exact) mass is 552 g/mol. The first-order valence-electron chi connectivity index (χ1n) is 10.9. The minimum atomic E-state index is -0.550. The second-order valence-corrected chi connectivity index (χ2v) is 7.67. The van der Waals surface area contributed by atoms with Gasteiger partial charge in [0.05, 0.1) is 28.4 Å². The minimum Gasteiger partial charge on any atom is -0.460 e. The van der Waals surface area contributed by atoms with Crippen molar-refractivity contribution in [2.45, 2.75) is 20.0 Å². The molecule has 0 spiro atoms. The zero-order chi connectivity index (χ0) is 26.1. The smallest absolute Gasteiger partial charge is 0.346 e. The summed E-state index contributed by atoms with van der Waals surface area (Å²) in [6, 6.07) is 22.7. The zero-order valence-electron chi connectivity index (χ0n) is 21.0. The third-order valence-electron chi connectivity index (χ3n) is 4.67. The van der Waals surface area contributed by atoms with Gasteiger partial charge in [-0.1, -0.05) is 54.6 Å². The van der Waals surface area contributed by atoms with Crippen LogP contribution in [0.2, 0.25) is 0 Å². The van der Waals surface area contributed by atoms with Crippen molar-refractivity contribution in [3.05, 3.63) is 120 Å². The molecule has 2 aliphatic rings. The molecule has 1 radical (unpaired) electrons. The molecule has 0 bridgehead atoms. The Hall–Kier alpha value is -4.27. The average molecular weight is 552 g/mol. The Balaban J connectivity index is 0.000000280. The molecule has 8 nitrogen and oxygen atoms in total. The van der Waals surface area contributed by atoms with Crippen molar-refractivity contribution in [2.24, 2.45) is 0 Å². The quantitative estimate of drug-likeness (QED) is 0.145. The second-order valence-electron chi connectivity index (χ2n) is 7.67. The molecule has 3 aromatic rings. The molecule has 0 saturated carbocycles. The van der Waals surface area contributed by atoms with E-state index >= 15 is 0 Å². The molecule has 2 heterocycles. The van der Waals surface area contributed by atoms with E-state index in [1.165, 1.54) is 6.08 Å². The van der Waals surface area contributed by atoms with Gasteiger partial charge in [0.1, 0.15) is 0 Å². The molecule has 0 unspecified atom stereocenters. The van der Waals surface area contributed by atoms with Crippen LogP contribution in [0.4, 0.5) is 0 Å². The van der Waals surface area contributed by atoms with Crippen LogP contribution in [0.3, 0.4) is 0 Å². The van der Waals surface area contributed by atoms with Crippen LogP contribution >= 0.6 is 0 Å². The number of hydrogen-bond donors (Lipinski definition) is 0.